The van der Waals surface area contributed by atoms with Gasteiger partial charge in [0, 0.05) is 92.7 Å². The zero-order valence-electron chi connectivity index (χ0n) is 41.1. The Morgan fingerprint density at radius 1 is 0.940 bits per heavy atom. The Balaban J connectivity index is 1.37. The molecule has 1 aromatic heterocycles. The third-order valence-electron chi connectivity index (χ3n) is 13.8. The Morgan fingerprint density at radius 2 is 1.60 bits per heavy atom. The van der Waals surface area contributed by atoms with Gasteiger partial charge in [0.2, 0.25) is 0 Å². The molecular weight excluding hydrogens is 859 g/mol. The normalized spacial score (nSPS) is 21.3. The highest BCUT2D eigenvalue weighted by molar-refractivity contribution is 6.19. The van der Waals surface area contributed by atoms with Gasteiger partial charge in [0.15, 0.2) is 11.4 Å². The summed E-state index contributed by atoms with van der Waals surface area (Å²) in [5, 5.41) is 49.6. The fraction of sp³-hybridized carbons (Fsp3) is 0.569. The Labute approximate surface area is 392 Å². The number of pyridine rings is 1. The van der Waals surface area contributed by atoms with E-state index in [4.69, 9.17) is 28.9 Å². The summed E-state index contributed by atoms with van der Waals surface area (Å²) in [5.74, 6) is -6.11. The molecule has 67 heavy (non-hydrogen) atoms. The second kappa shape index (κ2) is 20.0. The molecule has 16 heteroatoms. The van der Waals surface area contributed by atoms with Gasteiger partial charge in [-0.2, -0.15) is 0 Å². The molecule has 3 aliphatic heterocycles. The highest BCUT2D eigenvalue weighted by atomic mass is 16.7. The summed E-state index contributed by atoms with van der Waals surface area (Å²) >= 11 is 0. The molecule has 364 valence electrons. The Kier molecular flexibility index (Phi) is 15.3. The van der Waals surface area contributed by atoms with Gasteiger partial charge < -0.3 is 49.6 Å². The lowest BCUT2D eigenvalue weighted by molar-refractivity contribution is -0.112. The predicted octanol–water partition coefficient (Wildman–Crippen LogP) is 6.22. The molecule has 0 bridgehead atoms. The molecule has 0 saturated carbocycles. The number of likely N-dealkylation sites (tertiary alicyclic amines) is 1. The van der Waals surface area contributed by atoms with Crippen LogP contribution in [0.3, 0.4) is 0 Å². The number of allylic oxidation sites excluding steroid dienone is 1. The summed E-state index contributed by atoms with van der Waals surface area (Å²) in [4.78, 5) is 58.6. The molecule has 5 N–H and O–H groups in total. The molecule has 6 rings (SSSR count). The number of nitrogens with one attached hydrogen (secondary N) is 1. The van der Waals surface area contributed by atoms with Crippen LogP contribution in [0.15, 0.2) is 52.3 Å². The molecule has 3 aromatic rings. The van der Waals surface area contributed by atoms with E-state index in [2.05, 4.69) is 29.0 Å². The summed E-state index contributed by atoms with van der Waals surface area (Å²) in [5.41, 5.74) is 0.543. The van der Waals surface area contributed by atoms with Crippen LogP contribution in [0, 0.1) is 43.4 Å². The van der Waals surface area contributed by atoms with Gasteiger partial charge in [-0.25, -0.2) is 4.79 Å². The van der Waals surface area contributed by atoms with Crippen molar-refractivity contribution in [2.24, 2.45) is 39.6 Å². The third kappa shape index (κ3) is 9.95. The van der Waals surface area contributed by atoms with E-state index in [-0.39, 0.29) is 61.3 Å². The van der Waals surface area contributed by atoms with Gasteiger partial charge in [-0.1, -0.05) is 54.5 Å². The van der Waals surface area contributed by atoms with Gasteiger partial charge in [0.1, 0.15) is 28.6 Å². The lowest BCUT2D eigenvalue weighted by Gasteiger charge is -2.38. The number of aliphatic hydroxyl groups is 2. The number of piperidine rings is 1. The number of Topliss-reactive ketones (excluding diaryl/α,β-unsaturated/α-hetero) is 1. The largest absolute Gasteiger partial charge is 0.507 e. The van der Waals surface area contributed by atoms with Gasteiger partial charge in [-0.05, 0) is 57.7 Å². The number of amides is 1. The van der Waals surface area contributed by atoms with Crippen LogP contribution in [0.25, 0.3) is 10.8 Å². The van der Waals surface area contributed by atoms with Crippen molar-refractivity contribution in [2.75, 3.05) is 32.1 Å². The first-order chi connectivity index (χ1) is 31.5. The Bertz CT molecular complexity index is 2570. The molecule has 2 aromatic carbocycles. The van der Waals surface area contributed by atoms with E-state index < -0.39 is 77.0 Å². The summed E-state index contributed by atoms with van der Waals surface area (Å²) < 4.78 is 24.5. The average molecular weight is 928 g/mol. The van der Waals surface area contributed by atoms with Crippen LogP contribution in [0.1, 0.15) is 114 Å². The standard InChI is InChI=1S/C51H69N5O11/c1-14-27(6)48(62)53-40-39-38(54-51(55-39)18-20-56(21-19-51)24-25(2)3)35-36(44(40)60)43(59)32(11)46-37(35)47(61)50(12,67-46)65-22-17-34(64-13)29(8)45(31(10)42(58)30(9)41(57)26(4)5)66-49(63)33-16-15-28(7)52-23-33/h14-17,22-23,25-26,29-31,34,41-42,45,57-60H,18-21,24H2,1-13H3,(H,53,62)/b22-17+,27-14-/t29-,30-,31-,34+,41+,42-,45-,50+/m1/s1. The molecule has 0 radical (unpaired) electrons. The predicted molar refractivity (Wildman–Crippen MR) is 253 cm³/mol. The monoisotopic (exact) mass is 927 g/mol. The van der Waals surface area contributed by atoms with E-state index in [0.29, 0.717) is 37.4 Å². The van der Waals surface area contributed by atoms with Gasteiger partial charge in [0.05, 0.1) is 46.4 Å². The third-order valence-corrected chi connectivity index (χ3v) is 13.8. The SMILES string of the molecule is C/C=C(/C)C(=O)Nc1c(O)c2c(O)c(C)c3c(c2c2c1=NC1(CCN(CC(C)C)CC1)N=2)C(=O)[C@@](C)(O/C=C/[C@H](OC)[C@@H](C)[C@@H](OC(=O)c1ccc(C)nc1)[C@H](C)[C@H](O)[C@H](C)[C@@H](O)C(C)C)O3. The number of aromatic hydroxyl groups is 2. The number of methoxy groups -OCH3 is 1. The van der Waals surface area contributed by atoms with Crippen LogP contribution in [0.2, 0.25) is 0 Å². The number of carbonyl (C=O) groups excluding carboxylic acids is 3. The van der Waals surface area contributed by atoms with Crippen molar-refractivity contribution in [1.82, 2.24) is 9.88 Å². The number of phenols is 2. The van der Waals surface area contributed by atoms with Gasteiger partial charge in [0.25, 0.3) is 11.7 Å². The lowest BCUT2D eigenvalue weighted by Crippen LogP contribution is -2.46. The van der Waals surface area contributed by atoms with Crippen molar-refractivity contribution in [1.29, 1.82) is 0 Å². The maximum absolute atomic E-state index is 14.9. The van der Waals surface area contributed by atoms with Gasteiger partial charge >= 0.3 is 11.8 Å². The number of hydrogen-bond acceptors (Lipinski definition) is 15. The Morgan fingerprint density at radius 3 is 2.18 bits per heavy atom. The highest BCUT2D eigenvalue weighted by Gasteiger charge is 2.50. The van der Waals surface area contributed by atoms with E-state index in [1.54, 1.807) is 72.8 Å². The average Bonchev–Trinajstić information content (AvgIpc) is 3.79. The molecule has 8 atom stereocenters. The van der Waals surface area contributed by atoms with Crippen molar-refractivity contribution in [3.05, 3.63) is 75.4 Å². The maximum Gasteiger partial charge on any atom is 0.339 e. The topological polar surface area (TPSA) is 222 Å². The smallest absolute Gasteiger partial charge is 0.339 e. The number of rotatable bonds is 17. The van der Waals surface area contributed by atoms with Crippen molar-refractivity contribution in [2.45, 2.75) is 132 Å². The second-order valence-corrected chi connectivity index (χ2v) is 19.6. The number of fused-ring (bicyclic) bond motifs is 5. The van der Waals surface area contributed by atoms with E-state index >= 15 is 0 Å². The molecule has 1 fully saturated rings. The molecule has 4 heterocycles. The van der Waals surface area contributed by atoms with Crippen molar-refractivity contribution < 1.29 is 53.8 Å². The minimum absolute atomic E-state index is 0.0199. The number of carbonyl (C=O) groups is 3. The molecular formula is C51H69N5O11. The fourth-order valence-electron chi connectivity index (χ4n) is 9.48. The summed E-state index contributed by atoms with van der Waals surface area (Å²) in [6.07, 6.45) is 3.30. The van der Waals surface area contributed by atoms with E-state index in [9.17, 15) is 34.8 Å². The molecule has 1 saturated heterocycles. The number of phenolic OH excluding ortho intramolecular Hbond substituents is 2. The number of nitrogens with zero attached hydrogens (tertiary/aromatic N) is 4. The number of esters is 1. The number of aliphatic hydroxyl groups excluding tert-OH is 2. The van der Waals surface area contributed by atoms with Crippen LogP contribution in [0.5, 0.6) is 17.2 Å². The van der Waals surface area contributed by atoms with Crippen LogP contribution in [-0.2, 0) is 19.0 Å². The van der Waals surface area contributed by atoms with Crippen molar-refractivity contribution in [3.63, 3.8) is 0 Å². The number of ether oxygens (including phenoxy) is 4. The first-order valence-electron chi connectivity index (χ1n) is 23.3. The lowest BCUT2D eigenvalue weighted by atomic mass is 9.78. The molecule has 16 nitrogen and oxygen atoms in total. The zero-order valence-corrected chi connectivity index (χ0v) is 41.1. The summed E-state index contributed by atoms with van der Waals surface area (Å²) in [6, 6.07) is 3.31. The number of hydrogen-bond donors (Lipinski definition) is 5. The van der Waals surface area contributed by atoms with E-state index in [1.807, 2.05) is 13.8 Å². The van der Waals surface area contributed by atoms with Gasteiger partial charge in [-0.15, -0.1) is 0 Å². The van der Waals surface area contributed by atoms with Crippen molar-refractivity contribution in [3.8, 4) is 17.2 Å². The van der Waals surface area contributed by atoms with Crippen LogP contribution in [-0.4, -0.2) is 111 Å². The number of benzene rings is 2. The summed E-state index contributed by atoms with van der Waals surface area (Å²) in [7, 11) is 1.46. The number of ketones is 1. The number of anilines is 1. The minimum atomic E-state index is -1.99. The van der Waals surface area contributed by atoms with E-state index in [0.717, 1.165) is 12.2 Å². The van der Waals surface area contributed by atoms with Crippen LogP contribution in [0.4, 0.5) is 5.69 Å². The van der Waals surface area contributed by atoms with Crippen LogP contribution >= 0.6 is 0 Å². The van der Waals surface area contributed by atoms with Crippen LogP contribution < -0.4 is 20.8 Å². The molecule has 3 aliphatic rings. The van der Waals surface area contributed by atoms with Gasteiger partial charge in [-0.3, -0.25) is 24.6 Å². The second-order valence-electron chi connectivity index (χ2n) is 19.6. The highest BCUT2D eigenvalue weighted by Crippen LogP contribution is 2.50. The first-order valence-corrected chi connectivity index (χ1v) is 23.3. The van der Waals surface area contributed by atoms with Crippen molar-refractivity contribution >= 4 is 34.1 Å². The maximum atomic E-state index is 14.9. The molecule has 0 aliphatic carbocycles. The number of aryl methyl sites for hydroxylation is 1. The zero-order chi connectivity index (χ0) is 49.4. The summed E-state index contributed by atoms with van der Waals surface area (Å²) in [6.45, 7) is 23.8. The number of aromatic nitrogens is 1. The first kappa shape index (κ1) is 51.0. The quantitative estimate of drug-likeness (QED) is 0.0440. The van der Waals surface area contributed by atoms with E-state index in [1.165, 1.54) is 26.5 Å². The minimum Gasteiger partial charge on any atom is -0.507 e. The molecule has 0 unspecified atom stereocenters. The molecule has 1 spiro atoms. The fourth-order valence-corrected chi connectivity index (χ4v) is 9.48. The Hall–Kier alpha value is -5.42. The molecule has 1 amide bonds.